The molecule has 106 valence electrons. The number of hydrogen-bond acceptors (Lipinski definition) is 2. The molecule has 3 heteroatoms. The number of rotatable bonds is 6. The highest BCUT2D eigenvalue weighted by Crippen LogP contribution is 2.33. The van der Waals surface area contributed by atoms with Crippen molar-refractivity contribution in [3.8, 4) is 0 Å². The van der Waals surface area contributed by atoms with Gasteiger partial charge in [0.2, 0.25) is 0 Å². The maximum Gasteiger partial charge on any atom is 0.0216 e. The van der Waals surface area contributed by atoms with Crippen LogP contribution in [-0.2, 0) is 6.54 Å². The van der Waals surface area contributed by atoms with Crippen LogP contribution in [0, 0.1) is 6.92 Å². The van der Waals surface area contributed by atoms with E-state index in [0.717, 1.165) is 24.0 Å². The first kappa shape index (κ1) is 15.6. The van der Waals surface area contributed by atoms with E-state index >= 15 is 0 Å². The summed E-state index contributed by atoms with van der Waals surface area (Å²) in [6, 6.07) is 15.2. The highest BCUT2D eigenvalue weighted by Gasteiger charge is 2.05. The average Bonchev–Trinajstić information content (AvgIpc) is 2.41. The smallest absolute Gasteiger partial charge is 0.0216 e. The van der Waals surface area contributed by atoms with Gasteiger partial charge in [0.1, 0.15) is 0 Å². The largest absolute Gasteiger partial charge is 0.313 e. The van der Waals surface area contributed by atoms with Crippen LogP contribution in [0.2, 0.25) is 0 Å². The van der Waals surface area contributed by atoms with Crippen molar-refractivity contribution in [3.05, 3.63) is 58.1 Å². The Balaban J connectivity index is 2.18. The summed E-state index contributed by atoms with van der Waals surface area (Å²) in [5.41, 5.74) is 2.66. The summed E-state index contributed by atoms with van der Waals surface area (Å²) in [5, 5.41) is 3.48. The SMILES string of the molecule is CCCNCc1ccc(Br)cc1Sc1cccc(C)c1. The molecule has 0 aromatic heterocycles. The molecule has 0 aliphatic carbocycles. The van der Waals surface area contributed by atoms with Crippen molar-refractivity contribution in [2.45, 2.75) is 36.6 Å². The number of hydrogen-bond donors (Lipinski definition) is 1. The molecule has 0 saturated carbocycles. The van der Waals surface area contributed by atoms with Crippen LogP contribution < -0.4 is 5.32 Å². The van der Waals surface area contributed by atoms with Gasteiger partial charge >= 0.3 is 0 Å². The third-order valence-electron chi connectivity index (χ3n) is 2.99. The second-order valence-corrected chi connectivity index (χ2v) is 6.88. The van der Waals surface area contributed by atoms with E-state index in [9.17, 15) is 0 Å². The second-order valence-electron chi connectivity index (χ2n) is 4.85. The first-order valence-electron chi connectivity index (χ1n) is 6.92. The Morgan fingerprint density at radius 1 is 1.15 bits per heavy atom. The number of nitrogens with one attached hydrogen (secondary N) is 1. The summed E-state index contributed by atoms with van der Waals surface area (Å²) in [7, 11) is 0. The van der Waals surface area contributed by atoms with Gasteiger partial charge in [-0.05, 0) is 49.7 Å². The van der Waals surface area contributed by atoms with E-state index in [1.165, 1.54) is 20.9 Å². The van der Waals surface area contributed by atoms with Gasteiger partial charge in [-0.2, -0.15) is 0 Å². The van der Waals surface area contributed by atoms with Crippen LogP contribution in [0.15, 0.2) is 56.7 Å². The molecule has 0 aliphatic heterocycles. The van der Waals surface area contributed by atoms with Gasteiger partial charge in [0.15, 0.2) is 0 Å². The van der Waals surface area contributed by atoms with E-state index in [-0.39, 0.29) is 0 Å². The Kier molecular flexibility index (Phi) is 6.14. The Morgan fingerprint density at radius 2 is 2.00 bits per heavy atom. The monoisotopic (exact) mass is 349 g/mol. The molecular formula is C17H20BrNS. The van der Waals surface area contributed by atoms with E-state index in [1.807, 2.05) is 11.8 Å². The molecule has 0 bridgehead atoms. The molecule has 0 saturated heterocycles. The lowest BCUT2D eigenvalue weighted by molar-refractivity contribution is 0.669. The molecule has 0 heterocycles. The molecule has 1 N–H and O–H groups in total. The summed E-state index contributed by atoms with van der Waals surface area (Å²) < 4.78 is 1.13. The van der Waals surface area contributed by atoms with Crippen molar-refractivity contribution in [3.63, 3.8) is 0 Å². The lowest BCUT2D eigenvalue weighted by Gasteiger charge is -2.11. The maximum absolute atomic E-state index is 3.57. The van der Waals surface area contributed by atoms with E-state index < -0.39 is 0 Å². The van der Waals surface area contributed by atoms with Crippen LogP contribution in [0.4, 0.5) is 0 Å². The first-order valence-corrected chi connectivity index (χ1v) is 8.53. The predicted molar refractivity (Wildman–Crippen MR) is 91.4 cm³/mol. The summed E-state index contributed by atoms with van der Waals surface area (Å²) in [6.45, 7) is 6.31. The van der Waals surface area contributed by atoms with Crippen LogP contribution in [0.25, 0.3) is 0 Å². The molecule has 0 aliphatic rings. The van der Waals surface area contributed by atoms with Crippen molar-refractivity contribution in [2.75, 3.05) is 6.54 Å². The van der Waals surface area contributed by atoms with Crippen LogP contribution in [0.5, 0.6) is 0 Å². The Hall–Kier alpha value is -0.770. The molecule has 20 heavy (non-hydrogen) atoms. The van der Waals surface area contributed by atoms with Crippen LogP contribution in [0.3, 0.4) is 0 Å². The third kappa shape index (κ3) is 4.65. The van der Waals surface area contributed by atoms with Crippen LogP contribution in [-0.4, -0.2) is 6.54 Å². The molecule has 2 aromatic carbocycles. The number of halogens is 1. The quantitative estimate of drug-likeness (QED) is 0.699. The fraction of sp³-hybridized carbons (Fsp3) is 0.294. The lowest BCUT2D eigenvalue weighted by Crippen LogP contribution is -2.14. The van der Waals surface area contributed by atoms with Crippen molar-refractivity contribution < 1.29 is 0 Å². The van der Waals surface area contributed by atoms with Gasteiger partial charge < -0.3 is 5.32 Å². The minimum absolute atomic E-state index is 0.926. The van der Waals surface area contributed by atoms with Gasteiger partial charge in [-0.25, -0.2) is 0 Å². The zero-order valence-corrected chi connectivity index (χ0v) is 14.4. The highest BCUT2D eigenvalue weighted by molar-refractivity contribution is 9.10. The standard InChI is InChI=1S/C17H20BrNS/c1-3-9-19-12-14-7-8-15(18)11-17(14)20-16-6-4-5-13(2)10-16/h4-8,10-11,19H,3,9,12H2,1-2H3. The van der Waals surface area contributed by atoms with Gasteiger partial charge in [-0.1, -0.05) is 58.4 Å². The summed E-state index contributed by atoms with van der Waals surface area (Å²) >= 11 is 5.40. The van der Waals surface area contributed by atoms with Gasteiger partial charge in [0.05, 0.1) is 0 Å². The van der Waals surface area contributed by atoms with E-state index in [1.54, 1.807) is 0 Å². The molecule has 2 rings (SSSR count). The molecule has 0 radical (unpaired) electrons. The summed E-state index contributed by atoms with van der Waals surface area (Å²) in [4.78, 5) is 2.61. The second kappa shape index (κ2) is 7.87. The molecule has 0 atom stereocenters. The van der Waals surface area contributed by atoms with E-state index in [4.69, 9.17) is 0 Å². The summed E-state index contributed by atoms with van der Waals surface area (Å²) in [5.74, 6) is 0. The van der Waals surface area contributed by atoms with Gasteiger partial charge in [-0.3, -0.25) is 0 Å². The number of benzene rings is 2. The Bertz CT molecular complexity index is 569. The van der Waals surface area contributed by atoms with Crippen LogP contribution in [0.1, 0.15) is 24.5 Å². The van der Waals surface area contributed by atoms with Crippen molar-refractivity contribution in [1.82, 2.24) is 5.32 Å². The fourth-order valence-electron chi connectivity index (χ4n) is 1.98. The third-order valence-corrected chi connectivity index (χ3v) is 4.57. The molecule has 0 fully saturated rings. The summed E-state index contributed by atoms with van der Waals surface area (Å²) in [6.07, 6.45) is 1.16. The maximum atomic E-state index is 3.57. The normalized spacial score (nSPS) is 10.8. The van der Waals surface area contributed by atoms with Crippen molar-refractivity contribution in [1.29, 1.82) is 0 Å². The Morgan fingerprint density at radius 3 is 2.75 bits per heavy atom. The highest BCUT2D eigenvalue weighted by atomic mass is 79.9. The number of aryl methyl sites for hydroxylation is 1. The van der Waals surface area contributed by atoms with Crippen LogP contribution >= 0.6 is 27.7 Å². The molecule has 0 spiro atoms. The van der Waals surface area contributed by atoms with Gasteiger partial charge in [0, 0.05) is 20.8 Å². The molecule has 0 unspecified atom stereocenters. The molecule has 0 amide bonds. The van der Waals surface area contributed by atoms with Crippen molar-refractivity contribution >= 4 is 27.7 Å². The van der Waals surface area contributed by atoms with Gasteiger partial charge in [0.25, 0.3) is 0 Å². The molecular weight excluding hydrogens is 330 g/mol. The minimum atomic E-state index is 0.926. The Labute approximate surface area is 134 Å². The lowest BCUT2D eigenvalue weighted by atomic mass is 10.2. The first-order chi connectivity index (χ1) is 9.69. The molecule has 1 nitrogen and oxygen atoms in total. The fourth-order valence-corrected chi connectivity index (χ4v) is 3.59. The van der Waals surface area contributed by atoms with Gasteiger partial charge in [-0.15, -0.1) is 0 Å². The average molecular weight is 350 g/mol. The van der Waals surface area contributed by atoms with E-state index in [2.05, 4.69) is 77.6 Å². The zero-order valence-electron chi connectivity index (χ0n) is 11.9. The molecule has 2 aromatic rings. The van der Waals surface area contributed by atoms with E-state index in [0.29, 0.717) is 0 Å². The zero-order chi connectivity index (χ0) is 14.4. The predicted octanol–water partition coefficient (Wildman–Crippen LogP) is 5.41. The topological polar surface area (TPSA) is 12.0 Å². The minimum Gasteiger partial charge on any atom is -0.313 e. The van der Waals surface area contributed by atoms with Crippen molar-refractivity contribution in [2.24, 2.45) is 0 Å².